The minimum Gasteiger partial charge on any atom is -0.349 e. The second-order valence-corrected chi connectivity index (χ2v) is 5.57. The van der Waals surface area contributed by atoms with Gasteiger partial charge in [-0.1, -0.05) is 33.1 Å². The fraction of sp³-hybridized carbons (Fsp3) is 0.625. The van der Waals surface area contributed by atoms with E-state index in [4.69, 9.17) is 0 Å². The Bertz CT molecular complexity index is 528. The number of carbonyl (C=O) groups is 1. The van der Waals surface area contributed by atoms with E-state index in [1.807, 2.05) is 6.92 Å². The predicted octanol–water partition coefficient (Wildman–Crippen LogP) is 2.56. The van der Waals surface area contributed by atoms with Crippen molar-refractivity contribution in [2.24, 2.45) is 0 Å². The van der Waals surface area contributed by atoms with Gasteiger partial charge in [-0.25, -0.2) is 0 Å². The number of aromatic amines is 1. The highest BCUT2D eigenvalue weighted by molar-refractivity contribution is 5.94. The van der Waals surface area contributed by atoms with E-state index in [1.165, 1.54) is 0 Å². The summed E-state index contributed by atoms with van der Waals surface area (Å²) in [5, 5.41) is 2.98. The van der Waals surface area contributed by atoms with Crippen LogP contribution >= 0.6 is 0 Å². The number of H-pyrrole nitrogens is 1. The lowest BCUT2D eigenvalue weighted by Gasteiger charge is -2.13. The third-order valence-corrected chi connectivity index (χ3v) is 4.02. The molecule has 0 aliphatic heterocycles. The average Bonchev–Trinajstić information content (AvgIpc) is 2.93. The second-order valence-electron chi connectivity index (χ2n) is 5.57. The standard InChI is InChI=1S/C16H24N2O2/c1-3-7-11-10-13(16(20)18-14(11)4-2)15(19)17-12-8-5-6-9-12/h10,12H,3-9H2,1-2H3,(H,17,19)(H,18,20). The summed E-state index contributed by atoms with van der Waals surface area (Å²) in [5.41, 5.74) is 2.04. The lowest BCUT2D eigenvalue weighted by molar-refractivity contribution is 0.0936. The van der Waals surface area contributed by atoms with Crippen molar-refractivity contribution in [3.63, 3.8) is 0 Å². The number of aromatic nitrogens is 1. The molecule has 1 aliphatic rings. The molecule has 1 aromatic rings. The largest absolute Gasteiger partial charge is 0.349 e. The van der Waals surface area contributed by atoms with Crippen LogP contribution in [0.1, 0.15) is 67.6 Å². The maximum Gasteiger partial charge on any atom is 0.261 e. The maximum absolute atomic E-state index is 12.2. The van der Waals surface area contributed by atoms with Crippen molar-refractivity contribution < 1.29 is 4.79 Å². The Kier molecular flexibility index (Phi) is 4.99. The summed E-state index contributed by atoms with van der Waals surface area (Å²) in [4.78, 5) is 27.2. The van der Waals surface area contributed by atoms with Gasteiger partial charge in [-0.05, 0) is 37.3 Å². The highest BCUT2D eigenvalue weighted by Gasteiger charge is 2.20. The van der Waals surface area contributed by atoms with Gasteiger partial charge in [0.05, 0.1) is 0 Å². The van der Waals surface area contributed by atoms with Gasteiger partial charge in [-0.3, -0.25) is 9.59 Å². The quantitative estimate of drug-likeness (QED) is 0.868. The SMILES string of the molecule is CCCc1cc(C(=O)NC2CCCC2)c(=O)[nH]c1CC. The minimum atomic E-state index is -0.266. The number of amides is 1. The van der Waals surface area contributed by atoms with Crippen molar-refractivity contribution in [2.75, 3.05) is 0 Å². The van der Waals surface area contributed by atoms with E-state index < -0.39 is 0 Å². The van der Waals surface area contributed by atoms with E-state index in [-0.39, 0.29) is 23.1 Å². The maximum atomic E-state index is 12.2. The van der Waals surface area contributed by atoms with E-state index in [0.717, 1.165) is 56.2 Å². The van der Waals surface area contributed by atoms with Crippen molar-refractivity contribution in [3.05, 3.63) is 33.2 Å². The predicted molar refractivity (Wildman–Crippen MR) is 80.2 cm³/mol. The van der Waals surface area contributed by atoms with Gasteiger partial charge in [-0.15, -0.1) is 0 Å². The molecule has 4 nitrogen and oxygen atoms in total. The fourth-order valence-corrected chi connectivity index (χ4v) is 2.92. The van der Waals surface area contributed by atoms with E-state index in [9.17, 15) is 9.59 Å². The number of nitrogens with one attached hydrogen (secondary N) is 2. The highest BCUT2D eigenvalue weighted by Crippen LogP contribution is 2.18. The third kappa shape index (κ3) is 3.30. The van der Waals surface area contributed by atoms with Gasteiger partial charge in [0.25, 0.3) is 11.5 Å². The van der Waals surface area contributed by atoms with E-state index in [0.29, 0.717) is 0 Å². The Morgan fingerprint density at radius 2 is 2.05 bits per heavy atom. The first kappa shape index (κ1) is 14.8. The van der Waals surface area contributed by atoms with Crippen LogP contribution in [0.4, 0.5) is 0 Å². The monoisotopic (exact) mass is 276 g/mol. The number of pyridine rings is 1. The van der Waals surface area contributed by atoms with Crippen LogP contribution in [0.15, 0.2) is 10.9 Å². The zero-order chi connectivity index (χ0) is 14.5. The van der Waals surface area contributed by atoms with Crippen LogP contribution in [-0.2, 0) is 12.8 Å². The van der Waals surface area contributed by atoms with Crippen LogP contribution < -0.4 is 10.9 Å². The summed E-state index contributed by atoms with van der Waals surface area (Å²) < 4.78 is 0. The van der Waals surface area contributed by atoms with E-state index in [1.54, 1.807) is 6.07 Å². The molecule has 0 atom stereocenters. The van der Waals surface area contributed by atoms with Crippen LogP contribution in [0.2, 0.25) is 0 Å². The van der Waals surface area contributed by atoms with Gasteiger partial charge in [0.1, 0.15) is 5.56 Å². The Hall–Kier alpha value is -1.58. The number of aryl methyl sites for hydroxylation is 2. The molecule has 1 aliphatic carbocycles. The first-order valence-electron chi connectivity index (χ1n) is 7.71. The van der Waals surface area contributed by atoms with Gasteiger partial charge < -0.3 is 10.3 Å². The van der Waals surface area contributed by atoms with Crippen molar-refractivity contribution in [2.45, 2.75) is 64.8 Å². The van der Waals surface area contributed by atoms with Crippen molar-refractivity contribution in [3.8, 4) is 0 Å². The molecule has 1 aromatic heterocycles. The summed E-state index contributed by atoms with van der Waals surface area (Å²) in [6, 6.07) is 2.02. The minimum absolute atomic E-state index is 0.224. The van der Waals surface area contributed by atoms with Crippen LogP contribution in [-0.4, -0.2) is 16.9 Å². The van der Waals surface area contributed by atoms with Crippen molar-refractivity contribution in [1.29, 1.82) is 0 Å². The molecule has 0 radical (unpaired) electrons. The third-order valence-electron chi connectivity index (χ3n) is 4.02. The Labute approximate surface area is 120 Å². The highest BCUT2D eigenvalue weighted by atomic mass is 16.2. The Morgan fingerprint density at radius 3 is 2.65 bits per heavy atom. The van der Waals surface area contributed by atoms with Gasteiger partial charge >= 0.3 is 0 Å². The summed E-state index contributed by atoms with van der Waals surface area (Å²) >= 11 is 0. The van der Waals surface area contributed by atoms with Gasteiger partial charge in [0.15, 0.2) is 0 Å². The number of rotatable bonds is 5. The molecule has 20 heavy (non-hydrogen) atoms. The molecular weight excluding hydrogens is 252 g/mol. The average molecular weight is 276 g/mol. The van der Waals surface area contributed by atoms with Crippen LogP contribution in [0.3, 0.4) is 0 Å². The molecule has 1 saturated carbocycles. The molecule has 2 rings (SSSR count). The molecule has 1 amide bonds. The van der Waals surface area contributed by atoms with Crippen LogP contribution in [0, 0.1) is 0 Å². The van der Waals surface area contributed by atoms with Crippen LogP contribution in [0.5, 0.6) is 0 Å². The molecule has 2 N–H and O–H groups in total. The number of hydrogen-bond acceptors (Lipinski definition) is 2. The molecule has 0 aromatic carbocycles. The molecule has 1 fully saturated rings. The van der Waals surface area contributed by atoms with E-state index >= 15 is 0 Å². The first-order valence-corrected chi connectivity index (χ1v) is 7.71. The summed E-state index contributed by atoms with van der Waals surface area (Å²) in [6.07, 6.45) is 7.06. The van der Waals surface area contributed by atoms with Crippen molar-refractivity contribution in [1.82, 2.24) is 10.3 Å². The van der Waals surface area contributed by atoms with Crippen molar-refractivity contribution >= 4 is 5.91 Å². The van der Waals surface area contributed by atoms with Gasteiger partial charge in [-0.2, -0.15) is 0 Å². The molecule has 4 heteroatoms. The summed E-state index contributed by atoms with van der Waals surface area (Å²) in [6.45, 7) is 4.12. The van der Waals surface area contributed by atoms with Crippen LogP contribution in [0.25, 0.3) is 0 Å². The second kappa shape index (κ2) is 6.73. The van der Waals surface area contributed by atoms with Gasteiger partial charge in [0.2, 0.25) is 0 Å². The Balaban J connectivity index is 2.23. The number of hydrogen-bond donors (Lipinski definition) is 2. The topological polar surface area (TPSA) is 62.0 Å². The zero-order valence-corrected chi connectivity index (χ0v) is 12.4. The fourth-order valence-electron chi connectivity index (χ4n) is 2.92. The lowest BCUT2D eigenvalue weighted by Crippen LogP contribution is -2.36. The lowest BCUT2D eigenvalue weighted by atomic mass is 10.0. The molecule has 0 bridgehead atoms. The normalized spacial score (nSPS) is 15.5. The molecule has 1 heterocycles. The van der Waals surface area contributed by atoms with Gasteiger partial charge in [0, 0.05) is 11.7 Å². The smallest absolute Gasteiger partial charge is 0.261 e. The summed E-state index contributed by atoms with van der Waals surface area (Å²) in [5.74, 6) is -0.224. The molecular formula is C16H24N2O2. The summed E-state index contributed by atoms with van der Waals surface area (Å²) in [7, 11) is 0. The molecule has 0 saturated heterocycles. The zero-order valence-electron chi connectivity index (χ0n) is 12.4. The van der Waals surface area contributed by atoms with E-state index in [2.05, 4.69) is 17.2 Å². The molecule has 0 unspecified atom stereocenters. The molecule has 110 valence electrons. The molecule has 0 spiro atoms. The number of carbonyl (C=O) groups excluding carboxylic acids is 1. The Morgan fingerprint density at radius 1 is 1.35 bits per heavy atom. The first-order chi connectivity index (χ1) is 9.65.